The summed E-state index contributed by atoms with van der Waals surface area (Å²) in [5.41, 5.74) is 0. The first-order valence-corrected chi connectivity index (χ1v) is 6.86. The van der Waals surface area contributed by atoms with Crippen molar-refractivity contribution in [1.82, 2.24) is 10.2 Å². The highest BCUT2D eigenvalue weighted by Crippen LogP contribution is 2.19. The molecule has 0 aromatic heterocycles. The molecule has 0 saturated carbocycles. The van der Waals surface area contributed by atoms with E-state index < -0.39 is 12.0 Å². The highest BCUT2D eigenvalue weighted by Gasteiger charge is 2.26. The monoisotopic (exact) mass is 256 g/mol. The van der Waals surface area contributed by atoms with Crippen molar-refractivity contribution in [2.45, 2.75) is 52.0 Å². The summed E-state index contributed by atoms with van der Waals surface area (Å²) in [6.45, 7) is 5.53. The average Bonchev–Trinajstić information content (AvgIpc) is 2.38. The Bertz CT molecular complexity index is 294. The Morgan fingerprint density at radius 2 is 2.17 bits per heavy atom. The predicted octanol–water partition coefficient (Wildman–Crippen LogP) is 2.07. The minimum Gasteiger partial charge on any atom is -0.480 e. The van der Waals surface area contributed by atoms with Crippen LogP contribution < -0.4 is 5.32 Å². The Morgan fingerprint density at radius 3 is 2.72 bits per heavy atom. The Labute approximate surface area is 109 Å². The van der Waals surface area contributed by atoms with Gasteiger partial charge in [0.2, 0.25) is 0 Å². The molecule has 1 heterocycles. The lowest BCUT2D eigenvalue weighted by atomic mass is 9.96. The number of rotatable bonds is 5. The van der Waals surface area contributed by atoms with Crippen molar-refractivity contribution in [3.8, 4) is 0 Å². The molecule has 5 nitrogen and oxygen atoms in total. The Kier molecular flexibility index (Phi) is 5.95. The fraction of sp³-hybridized carbons (Fsp3) is 0.846. The topological polar surface area (TPSA) is 69.6 Å². The molecule has 18 heavy (non-hydrogen) atoms. The fourth-order valence-corrected chi connectivity index (χ4v) is 2.37. The predicted molar refractivity (Wildman–Crippen MR) is 69.5 cm³/mol. The van der Waals surface area contributed by atoms with E-state index >= 15 is 0 Å². The lowest BCUT2D eigenvalue weighted by molar-refractivity contribution is -0.139. The summed E-state index contributed by atoms with van der Waals surface area (Å²) in [6.07, 6.45) is 4.47. The molecular formula is C13H24N2O3. The van der Waals surface area contributed by atoms with E-state index in [1.165, 1.54) is 0 Å². The van der Waals surface area contributed by atoms with Crippen LogP contribution in [0.2, 0.25) is 0 Å². The molecule has 5 heteroatoms. The third kappa shape index (κ3) is 4.20. The highest BCUT2D eigenvalue weighted by atomic mass is 16.4. The lowest BCUT2D eigenvalue weighted by Crippen LogP contribution is -2.50. The molecule has 1 rings (SSSR count). The van der Waals surface area contributed by atoms with Crippen LogP contribution in [-0.4, -0.2) is 41.1 Å². The van der Waals surface area contributed by atoms with Gasteiger partial charge >= 0.3 is 12.0 Å². The van der Waals surface area contributed by atoms with Gasteiger partial charge in [0, 0.05) is 13.1 Å². The van der Waals surface area contributed by atoms with Crippen LogP contribution in [0.4, 0.5) is 4.79 Å². The molecule has 1 aliphatic heterocycles. The maximum atomic E-state index is 12.0. The van der Waals surface area contributed by atoms with Gasteiger partial charge in [-0.15, -0.1) is 0 Å². The Balaban J connectivity index is 2.50. The van der Waals surface area contributed by atoms with Crippen LogP contribution in [-0.2, 0) is 4.79 Å². The minimum absolute atomic E-state index is 0.228. The van der Waals surface area contributed by atoms with Crippen molar-refractivity contribution in [3.05, 3.63) is 0 Å². The summed E-state index contributed by atoms with van der Waals surface area (Å²) in [5, 5.41) is 11.6. The van der Waals surface area contributed by atoms with E-state index in [1.54, 1.807) is 4.90 Å². The number of piperidine rings is 1. The molecule has 0 bridgehead atoms. The molecule has 1 aliphatic rings. The number of carboxylic acid groups (broad SMARTS) is 1. The molecule has 2 atom stereocenters. The second-order valence-corrected chi connectivity index (χ2v) is 4.99. The number of amides is 2. The molecule has 2 amide bonds. The SMILES string of the molecule is CCC[C@@H](NC(=O)N1CCCC(CC)C1)C(=O)O. The van der Waals surface area contributed by atoms with Crippen molar-refractivity contribution in [2.24, 2.45) is 5.92 Å². The summed E-state index contributed by atoms with van der Waals surface area (Å²) >= 11 is 0. The van der Waals surface area contributed by atoms with Crippen molar-refractivity contribution in [1.29, 1.82) is 0 Å². The summed E-state index contributed by atoms with van der Waals surface area (Å²) in [4.78, 5) is 24.7. The maximum absolute atomic E-state index is 12.0. The number of carboxylic acids is 1. The lowest BCUT2D eigenvalue weighted by Gasteiger charge is -2.33. The van der Waals surface area contributed by atoms with Gasteiger partial charge in [-0.1, -0.05) is 26.7 Å². The summed E-state index contributed by atoms with van der Waals surface area (Å²) in [6, 6.07) is -0.987. The van der Waals surface area contributed by atoms with Gasteiger partial charge in [-0.25, -0.2) is 9.59 Å². The normalized spacial score (nSPS) is 21.4. The zero-order valence-electron chi connectivity index (χ0n) is 11.3. The van der Waals surface area contributed by atoms with E-state index in [0.717, 1.165) is 38.8 Å². The largest absolute Gasteiger partial charge is 0.480 e. The van der Waals surface area contributed by atoms with Crippen LogP contribution in [0.1, 0.15) is 46.0 Å². The molecule has 0 radical (unpaired) electrons. The Morgan fingerprint density at radius 1 is 1.44 bits per heavy atom. The van der Waals surface area contributed by atoms with Gasteiger partial charge in [-0.3, -0.25) is 0 Å². The molecule has 0 spiro atoms. The molecular weight excluding hydrogens is 232 g/mol. The van der Waals surface area contributed by atoms with Crippen LogP contribution in [0, 0.1) is 5.92 Å². The third-order valence-electron chi connectivity index (χ3n) is 3.56. The van der Waals surface area contributed by atoms with Gasteiger partial charge in [0.1, 0.15) is 6.04 Å². The zero-order chi connectivity index (χ0) is 13.5. The molecule has 1 unspecified atom stereocenters. The minimum atomic E-state index is -0.950. The number of likely N-dealkylation sites (tertiary alicyclic amines) is 1. The van der Waals surface area contributed by atoms with Crippen molar-refractivity contribution < 1.29 is 14.7 Å². The van der Waals surface area contributed by atoms with Gasteiger partial charge in [-0.05, 0) is 25.2 Å². The van der Waals surface area contributed by atoms with Crippen LogP contribution in [0.5, 0.6) is 0 Å². The average molecular weight is 256 g/mol. The van der Waals surface area contributed by atoms with Gasteiger partial charge in [0.15, 0.2) is 0 Å². The van der Waals surface area contributed by atoms with E-state index in [2.05, 4.69) is 12.2 Å². The molecule has 2 N–H and O–H groups in total. The van der Waals surface area contributed by atoms with E-state index in [4.69, 9.17) is 5.11 Å². The molecule has 0 aromatic rings. The van der Waals surface area contributed by atoms with Crippen LogP contribution in [0.15, 0.2) is 0 Å². The summed E-state index contributed by atoms with van der Waals surface area (Å²) in [5.74, 6) is -0.395. The number of carbonyl (C=O) groups is 2. The van der Waals surface area contributed by atoms with Crippen LogP contribution >= 0.6 is 0 Å². The van der Waals surface area contributed by atoms with E-state index in [-0.39, 0.29) is 6.03 Å². The first kappa shape index (κ1) is 14.8. The van der Waals surface area contributed by atoms with Crippen LogP contribution in [0.3, 0.4) is 0 Å². The summed E-state index contributed by atoms with van der Waals surface area (Å²) in [7, 11) is 0. The highest BCUT2D eigenvalue weighted by molar-refractivity contribution is 5.82. The van der Waals surface area contributed by atoms with E-state index in [9.17, 15) is 9.59 Å². The maximum Gasteiger partial charge on any atom is 0.326 e. The Hall–Kier alpha value is -1.26. The van der Waals surface area contributed by atoms with E-state index in [1.807, 2.05) is 6.92 Å². The molecule has 1 saturated heterocycles. The van der Waals surface area contributed by atoms with Gasteiger partial charge in [0.05, 0.1) is 0 Å². The van der Waals surface area contributed by atoms with Gasteiger partial charge in [-0.2, -0.15) is 0 Å². The number of aliphatic carboxylic acids is 1. The third-order valence-corrected chi connectivity index (χ3v) is 3.56. The molecule has 0 aliphatic carbocycles. The zero-order valence-corrected chi connectivity index (χ0v) is 11.3. The second kappa shape index (κ2) is 7.24. The number of nitrogens with one attached hydrogen (secondary N) is 1. The van der Waals surface area contributed by atoms with Crippen LogP contribution in [0.25, 0.3) is 0 Å². The smallest absolute Gasteiger partial charge is 0.326 e. The van der Waals surface area contributed by atoms with E-state index in [0.29, 0.717) is 12.3 Å². The van der Waals surface area contributed by atoms with Crippen molar-refractivity contribution >= 4 is 12.0 Å². The number of nitrogens with zero attached hydrogens (tertiary/aromatic N) is 1. The molecule has 1 fully saturated rings. The quantitative estimate of drug-likeness (QED) is 0.791. The number of urea groups is 1. The number of carbonyl (C=O) groups excluding carboxylic acids is 1. The summed E-state index contributed by atoms with van der Waals surface area (Å²) < 4.78 is 0. The second-order valence-electron chi connectivity index (χ2n) is 4.99. The fourth-order valence-electron chi connectivity index (χ4n) is 2.37. The molecule has 104 valence electrons. The van der Waals surface area contributed by atoms with Crippen molar-refractivity contribution in [2.75, 3.05) is 13.1 Å². The number of hydrogen-bond donors (Lipinski definition) is 2. The first-order valence-electron chi connectivity index (χ1n) is 6.86. The first-order chi connectivity index (χ1) is 8.58. The number of hydrogen-bond acceptors (Lipinski definition) is 2. The standard InChI is InChI=1S/C13H24N2O3/c1-3-6-11(12(16)17)14-13(18)15-8-5-7-10(4-2)9-15/h10-11H,3-9H2,1-2H3,(H,14,18)(H,16,17)/t10?,11-/m1/s1. The van der Waals surface area contributed by atoms with Gasteiger partial charge < -0.3 is 15.3 Å². The van der Waals surface area contributed by atoms with Gasteiger partial charge in [0.25, 0.3) is 0 Å². The molecule has 0 aromatic carbocycles. The van der Waals surface area contributed by atoms with Crippen molar-refractivity contribution in [3.63, 3.8) is 0 Å².